The molecule has 1 aromatic heterocycles. The number of hydrogen-bond acceptors (Lipinski definition) is 3. The first-order valence-corrected chi connectivity index (χ1v) is 7.66. The van der Waals surface area contributed by atoms with Crippen molar-refractivity contribution >= 4 is 5.97 Å². The monoisotopic (exact) mass is 275 g/mol. The predicted octanol–water partition coefficient (Wildman–Crippen LogP) is 2.43. The van der Waals surface area contributed by atoms with E-state index in [9.17, 15) is 9.90 Å². The van der Waals surface area contributed by atoms with Crippen LogP contribution in [0.3, 0.4) is 0 Å². The second-order valence-electron chi connectivity index (χ2n) is 7.29. The van der Waals surface area contributed by atoms with Gasteiger partial charge in [-0.1, -0.05) is 0 Å². The summed E-state index contributed by atoms with van der Waals surface area (Å²) in [6.07, 6.45) is 8.76. The molecule has 5 heteroatoms. The van der Waals surface area contributed by atoms with E-state index in [0.29, 0.717) is 5.82 Å². The molecule has 108 valence electrons. The van der Waals surface area contributed by atoms with Gasteiger partial charge in [0.25, 0.3) is 0 Å². The van der Waals surface area contributed by atoms with E-state index in [4.69, 9.17) is 0 Å². The number of rotatable bonds is 3. The molecule has 4 fully saturated rings. The van der Waals surface area contributed by atoms with Crippen LogP contribution in [0.4, 0.5) is 0 Å². The second kappa shape index (κ2) is 4.06. The zero-order valence-electron chi connectivity index (χ0n) is 11.8. The van der Waals surface area contributed by atoms with Gasteiger partial charge in [0.2, 0.25) is 0 Å². The Morgan fingerprint density at radius 3 is 2.25 bits per heavy atom. The molecule has 1 N–H and O–H groups in total. The van der Waals surface area contributed by atoms with E-state index in [2.05, 4.69) is 10.1 Å². The van der Waals surface area contributed by atoms with Gasteiger partial charge in [-0.3, -0.25) is 0 Å². The summed E-state index contributed by atoms with van der Waals surface area (Å²) >= 11 is 0. The molecule has 0 aliphatic heterocycles. The molecule has 0 spiro atoms. The summed E-state index contributed by atoms with van der Waals surface area (Å²) in [6.45, 7) is 1.81. The lowest BCUT2D eigenvalue weighted by Gasteiger charge is -2.58. The Morgan fingerprint density at radius 1 is 1.30 bits per heavy atom. The van der Waals surface area contributed by atoms with Crippen molar-refractivity contribution in [2.75, 3.05) is 0 Å². The number of hydrogen-bond donors (Lipinski definition) is 1. The van der Waals surface area contributed by atoms with Crippen LogP contribution in [0.2, 0.25) is 0 Å². The quantitative estimate of drug-likeness (QED) is 0.920. The SMILES string of the molecule is Cc1ncn(C(C(=O)O)C23CC4CC(CC(C4)C2)C3)n1. The fourth-order valence-electron chi connectivity index (χ4n) is 5.65. The van der Waals surface area contributed by atoms with Gasteiger partial charge in [0.15, 0.2) is 6.04 Å². The van der Waals surface area contributed by atoms with E-state index in [1.807, 2.05) is 6.92 Å². The van der Waals surface area contributed by atoms with Crippen LogP contribution in [0.1, 0.15) is 50.4 Å². The third-order valence-corrected chi connectivity index (χ3v) is 5.79. The topological polar surface area (TPSA) is 68.0 Å². The Kier molecular flexibility index (Phi) is 2.51. The number of carboxylic acid groups (broad SMARTS) is 1. The average Bonchev–Trinajstić information content (AvgIpc) is 2.72. The molecule has 4 aliphatic carbocycles. The molecule has 0 radical (unpaired) electrons. The predicted molar refractivity (Wildman–Crippen MR) is 72.0 cm³/mol. The molecule has 1 heterocycles. The summed E-state index contributed by atoms with van der Waals surface area (Å²) in [4.78, 5) is 16.1. The van der Waals surface area contributed by atoms with Crippen LogP contribution in [0.25, 0.3) is 0 Å². The van der Waals surface area contributed by atoms with Gasteiger partial charge in [0.1, 0.15) is 12.2 Å². The van der Waals surface area contributed by atoms with E-state index in [1.54, 1.807) is 11.0 Å². The van der Waals surface area contributed by atoms with Crippen molar-refractivity contribution < 1.29 is 9.90 Å². The lowest BCUT2D eigenvalue weighted by atomic mass is 9.47. The maximum Gasteiger partial charge on any atom is 0.329 e. The molecule has 5 rings (SSSR count). The van der Waals surface area contributed by atoms with Crippen molar-refractivity contribution in [2.45, 2.75) is 51.5 Å². The molecule has 0 aromatic carbocycles. The minimum absolute atomic E-state index is 0.0826. The van der Waals surface area contributed by atoms with Gasteiger partial charge in [0.05, 0.1) is 0 Å². The summed E-state index contributed by atoms with van der Waals surface area (Å²) < 4.78 is 1.62. The maximum atomic E-state index is 11.9. The van der Waals surface area contributed by atoms with Gasteiger partial charge < -0.3 is 5.11 Å². The van der Waals surface area contributed by atoms with Crippen molar-refractivity contribution in [1.29, 1.82) is 0 Å². The number of carbonyl (C=O) groups is 1. The zero-order valence-corrected chi connectivity index (χ0v) is 11.8. The second-order valence-corrected chi connectivity index (χ2v) is 7.29. The van der Waals surface area contributed by atoms with Crippen LogP contribution < -0.4 is 0 Å². The van der Waals surface area contributed by atoms with Crippen LogP contribution in [0.5, 0.6) is 0 Å². The smallest absolute Gasteiger partial charge is 0.329 e. The Hall–Kier alpha value is -1.39. The van der Waals surface area contributed by atoms with E-state index in [0.717, 1.165) is 37.0 Å². The lowest BCUT2D eigenvalue weighted by Crippen LogP contribution is -2.52. The molecule has 4 bridgehead atoms. The number of aromatic nitrogens is 3. The highest BCUT2D eigenvalue weighted by atomic mass is 16.4. The minimum Gasteiger partial charge on any atom is -0.480 e. The fourth-order valence-corrected chi connectivity index (χ4v) is 5.65. The molecule has 5 nitrogen and oxygen atoms in total. The Labute approximate surface area is 118 Å². The highest BCUT2D eigenvalue weighted by Gasteiger charge is 2.57. The van der Waals surface area contributed by atoms with Crippen LogP contribution in [-0.4, -0.2) is 25.8 Å². The van der Waals surface area contributed by atoms with Gasteiger partial charge in [0, 0.05) is 5.41 Å². The van der Waals surface area contributed by atoms with Gasteiger partial charge in [-0.2, -0.15) is 5.10 Å². The third-order valence-electron chi connectivity index (χ3n) is 5.79. The van der Waals surface area contributed by atoms with Crippen molar-refractivity contribution in [2.24, 2.45) is 23.2 Å². The standard InChI is InChI=1S/C15H21N3O2/c1-9-16-8-18(17-9)13(14(19)20)15-5-10-2-11(6-15)4-12(3-10)7-15/h8,10-13H,2-7H2,1H3,(H,19,20). The zero-order chi connectivity index (χ0) is 13.9. The first-order valence-electron chi connectivity index (χ1n) is 7.66. The first kappa shape index (κ1) is 12.4. The summed E-state index contributed by atoms with van der Waals surface area (Å²) in [5, 5.41) is 14.1. The van der Waals surface area contributed by atoms with Crippen molar-refractivity contribution in [3.63, 3.8) is 0 Å². The minimum atomic E-state index is -0.739. The lowest BCUT2D eigenvalue weighted by molar-refractivity contribution is -0.156. The van der Waals surface area contributed by atoms with Crippen LogP contribution in [0.15, 0.2) is 6.33 Å². The van der Waals surface area contributed by atoms with E-state index in [-0.39, 0.29) is 5.41 Å². The number of aliphatic carboxylic acids is 1. The van der Waals surface area contributed by atoms with Gasteiger partial charge in [-0.25, -0.2) is 14.5 Å². The molecule has 0 amide bonds. The van der Waals surface area contributed by atoms with Crippen molar-refractivity contribution in [3.05, 3.63) is 12.2 Å². The van der Waals surface area contributed by atoms with Crippen LogP contribution >= 0.6 is 0 Å². The number of nitrogens with zero attached hydrogens (tertiary/aromatic N) is 3. The molecule has 1 unspecified atom stereocenters. The van der Waals surface area contributed by atoms with E-state index < -0.39 is 12.0 Å². The maximum absolute atomic E-state index is 11.9. The normalized spacial score (nSPS) is 40.0. The average molecular weight is 275 g/mol. The van der Waals surface area contributed by atoms with Crippen molar-refractivity contribution in [1.82, 2.24) is 14.8 Å². The molecule has 4 aliphatic rings. The van der Waals surface area contributed by atoms with Gasteiger partial charge in [-0.05, 0) is 63.2 Å². The number of carboxylic acids is 1. The summed E-state index contributed by atoms with van der Waals surface area (Å²) in [5.74, 6) is 2.14. The Bertz CT molecular complexity index is 516. The summed E-state index contributed by atoms with van der Waals surface area (Å²) in [5.41, 5.74) is -0.0826. The van der Waals surface area contributed by atoms with Crippen molar-refractivity contribution in [3.8, 4) is 0 Å². The van der Waals surface area contributed by atoms with E-state index in [1.165, 1.54) is 19.3 Å². The number of aryl methyl sites for hydroxylation is 1. The van der Waals surface area contributed by atoms with Gasteiger partial charge in [-0.15, -0.1) is 0 Å². The third kappa shape index (κ3) is 1.71. The molecule has 1 aromatic rings. The molecule has 4 saturated carbocycles. The first-order chi connectivity index (χ1) is 9.56. The Balaban J connectivity index is 1.74. The summed E-state index contributed by atoms with van der Waals surface area (Å²) in [7, 11) is 0. The molecule has 0 saturated heterocycles. The molecular formula is C15H21N3O2. The summed E-state index contributed by atoms with van der Waals surface area (Å²) in [6, 6.07) is -0.530. The molecular weight excluding hydrogens is 254 g/mol. The molecule has 20 heavy (non-hydrogen) atoms. The van der Waals surface area contributed by atoms with Crippen LogP contribution in [-0.2, 0) is 4.79 Å². The highest BCUT2D eigenvalue weighted by molar-refractivity contribution is 5.73. The highest BCUT2D eigenvalue weighted by Crippen LogP contribution is 2.63. The van der Waals surface area contributed by atoms with Gasteiger partial charge >= 0.3 is 5.97 Å². The van der Waals surface area contributed by atoms with Crippen LogP contribution in [0, 0.1) is 30.1 Å². The fraction of sp³-hybridized carbons (Fsp3) is 0.800. The Morgan fingerprint density at radius 2 is 1.85 bits per heavy atom. The van der Waals surface area contributed by atoms with E-state index >= 15 is 0 Å². The molecule has 1 atom stereocenters. The largest absolute Gasteiger partial charge is 0.480 e.